The third kappa shape index (κ3) is 23.3. The van der Waals surface area contributed by atoms with Gasteiger partial charge in [-0.2, -0.15) is 25.3 Å². The van der Waals surface area contributed by atoms with Crippen molar-refractivity contribution >= 4 is 101 Å². The van der Waals surface area contributed by atoms with E-state index in [1.807, 2.05) is 0 Å². The van der Waals surface area contributed by atoms with Crippen molar-refractivity contribution in [2.45, 2.75) is 113 Å². The number of fused-ring (bicyclic) bond motifs is 1. The zero-order valence-electron chi connectivity index (χ0n) is 51.1. The summed E-state index contributed by atoms with van der Waals surface area (Å²) in [6, 6.07) is 11.9. The van der Waals surface area contributed by atoms with Crippen molar-refractivity contribution in [1.29, 1.82) is 0 Å². The summed E-state index contributed by atoms with van der Waals surface area (Å²) in [7, 11) is 0. The summed E-state index contributed by atoms with van der Waals surface area (Å²) in [5.74, 6) is -5.36. The molecule has 0 radical (unpaired) electrons. The second-order valence-corrected chi connectivity index (χ2v) is 22.7. The molecular formula is C61H82N14O16S2. The Morgan fingerprint density at radius 3 is 1.71 bits per heavy atom. The van der Waals surface area contributed by atoms with Gasteiger partial charge in [0.05, 0.1) is 43.5 Å². The van der Waals surface area contributed by atoms with Gasteiger partial charge in [0.2, 0.25) is 41.4 Å². The number of aliphatic carboxylic acids is 2. The van der Waals surface area contributed by atoms with Gasteiger partial charge in [-0.15, -0.1) is 0 Å². The number of unbranched alkanes of at least 4 members (excludes halogenated alkanes) is 1. The minimum Gasteiger partial charge on any atom is -0.508 e. The van der Waals surface area contributed by atoms with E-state index in [2.05, 4.69) is 77.9 Å². The monoisotopic (exact) mass is 1330 g/mol. The lowest BCUT2D eigenvalue weighted by Crippen LogP contribution is -2.62. The smallest absolute Gasteiger partial charge is 0.317 e. The number of carbonyl (C=O) groups is 10. The number of phenols is 1. The van der Waals surface area contributed by atoms with Gasteiger partial charge in [-0.25, -0.2) is 10.8 Å². The summed E-state index contributed by atoms with van der Waals surface area (Å²) >= 11 is 8.58. The van der Waals surface area contributed by atoms with Gasteiger partial charge < -0.3 is 88.9 Å². The number of phenolic OH excluding ortho intramolecular Hbond substituents is 1. The van der Waals surface area contributed by atoms with E-state index in [-0.39, 0.29) is 68.1 Å². The standard InChI is InChI=1S/C61H82N14O16S2/c1-34(77)46(31-76)69-58(88)48(33-93)71-60(90)53(35(2)78)72-54(84)43(14-8-9-21-62)66-56(86)45(26-39-28-64-42-13-7-6-12-41(39)42)68-55(85)44(24-37-15-18-40(79)19-16-37)67-57(87)47(32-92)70-59(89)49(25-36-10-4-3-5-11-36)75(23-22-74(29-51(80)81)30-52(82)83)61(91)38-17-20-50(73-63)65-27-38/h3-7,10-13,15-20,27-28,34-35,43-49,53,64,76-79,92-93H,8-9,14,21-26,29-33,62-63H2,1-2H3,(H,65,73)(H,66,86)(H,67,87)(H,68,85)(H,69,88)(H,70,89)(H,71,90)(H,72,84)(H,80,81)(H,82,83)/t34-,35-,43+,44+,45-,46-,47+,48+,49-,53+/m1/s1. The van der Waals surface area contributed by atoms with Gasteiger partial charge in [0.25, 0.3) is 5.91 Å². The summed E-state index contributed by atoms with van der Waals surface area (Å²) in [5, 5.41) is 78.7. The van der Waals surface area contributed by atoms with E-state index < -0.39 is 152 Å². The molecule has 0 fully saturated rings. The van der Waals surface area contributed by atoms with Crippen LogP contribution < -0.4 is 54.2 Å². The molecule has 2 aromatic heterocycles. The Hall–Kier alpha value is -8.89. The van der Waals surface area contributed by atoms with Crippen LogP contribution in [0, 0.1) is 0 Å². The number of nitrogens with one attached hydrogen (secondary N) is 9. The summed E-state index contributed by atoms with van der Waals surface area (Å²) in [4.78, 5) is 149. The first-order valence-electron chi connectivity index (χ1n) is 29.7. The number of para-hydroxylation sites is 1. The third-order valence-corrected chi connectivity index (χ3v) is 15.6. The number of pyridine rings is 1. The maximum absolute atomic E-state index is 15.1. The fourth-order valence-corrected chi connectivity index (χ4v) is 10.3. The molecule has 8 amide bonds. The molecule has 0 spiro atoms. The highest BCUT2D eigenvalue weighted by Gasteiger charge is 2.38. The van der Waals surface area contributed by atoms with Crippen LogP contribution in [-0.4, -0.2) is 221 Å². The minimum absolute atomic E-state index is 0.0575. The van der Waals surface area contributed by atoms with Gasteiger partial charge in [0.1, 0.15) is 53.9 Å². The van der Waals surface area contributed by atoms with Gasteiger partial charge in [-0.05, 0) is 86.7 Å². The van der Waals surface area contributed by atoms with Crippen molar-refractivity contribution < 1.29 is 78.6 Å². The van der Waals surface area contributed by atoms with Gasteiger partial charge in [0.15, 0.2) is 0 Å². The molecule has 5 aromatic rings. The Labute approximate surface area is 546 Å². The van der Waals surface area contributed by atoms with Crippen LogP contribution >= 0.6 is 25.3 Å². The first kappa shape index (κ1) is 74.8. The number of aromatic nitrogens is 2. The number of benzene rings is 3. The SMILES string of the molecule is C[C@@H](O)[C@H](NC(=O)[C@H](CCCCN)NC(=O)[C@@H](Cc1c[nH]c2ccccc12)NC(=O)[C@H](Cc1ccc(O)cc1)NC(=O)[C@H](CS)NC(=O)[C@@H](Cc1ccccc1)N(CCN(CC(=O)O)CC(=O)O)C(=O)c1ccc(NN)nc1)C(=O)N[C@@H](CS)C(=O)N[C@H](CO)[C@@H](C)O. The van der Waals surface area contributed by atoms with Crippen LogP contribution in [0.5, 0.6) is 5.75 Å². The molecule has 5 rings (SSSR count). The molecular weight excluding hydrogens is 1250 g/mol. The third-order valence-electron chi connectivity index (χ3n) is 14.9. The van der Waals surface area contributed by atoms with E-state index in [0.29, 0.717) is 34.0 Å². The lowest BCUT2D eigenvalue weighted by molar-refractivity contribution is -0.142. The molecule has 0 unspecified atom stereocenters. The summed E-state index contributed by atoms with van der Waals surface area (Å²) < 4.78 is 0. The molecule has 32 heteroatoms. The van der Waals surface area contributed by atoms with Crippen LogP contribution in [0.25, 0.3) is 10.9 Å². The topological polar surface area (TPSA) is 476 Å². The number of rotatable bonds is 39. The van der Waals surface area contributed by atoms with Gasteiger partial charge in [0, 0.05) is 67.2 Å². The lowest BCUT2D eigenvalue weighted by Gasteiger charge is -2.34. The molecule has 504 valence electrons. The van der Waals surface area contributed by atoms with Crippen LogP contribution in [0.3, 0.4) is 0 Å². The number of H-pyrrole nitrogens is 1. The normalized spacial score (nSPS) is 14.5. The molecule has 93 heavy (non-hydrogen) atoms. The molecule has 19 N–H and O–H groups in total. The highest BCUT2D eigenvalue weighted by atomic mass is 32.1. The number of amides is 8. The first-order valence-corrected chi connectivity index (χ1v) is 30.9. The Morgan fingerprint density at radius 2 is 1.15 bits per heavy atom. The fourth-order valence-electron chi connectivity index (χ4n) is 9.76. The lowest BCUT2D eigenvalue weighted by atomic mass is 10.0. The zero-order valence-corrected chi connectivity index (χ0v) is 52.9. The van der Waals surface area contributed by atoms with Crippen molar-refractivity contribution in [2.24, 2.45) is 11.6 Å². The first-order chi connectivity index (χ1) is 44.4. The van der Waals surface area contributed by atoms with Crippen LogP contribution in [0.15, 0.2) is 103 Å². The minimum atomic E-state index is -1.73. The molecule has 0 bridgehead atoms. The molecule has 0 aliphatic heterocycles. The largest absolute Gasteiger partial charge is 0.508 e. The number of anilines is 1. The van der Waals surface area contributed by atoms with Crippen molar-refractivity contribution in [3.05, 3.63) is 126 Å². The molecule has 10 atom stereocenters. The summed E-state index contributed by atoms with van der Waals surface area (Å²) in [6.07, 6.45) is -0.196. The van der Waals surface area contributed by atoms with Crippen molar-refractivity contribution in [3.8, 4) is 5.75 Å². The molecule has 3 aromatic carbocycles. The number of nitrogens with zero attached hydrogens (tertiary/aromatic N) is 3. The average molecular weight is 1330 g/mol. The van der Waals surface area contributed by atoms with E-state index in [1.54, 1.807) is 60.8 Å². The molecule has 2 heterocycles. The zero-order chi connectivity index (χ0) is 68.3. The quantitative estimate of drug-likeness (QED) is 0.00851. The number of hydrazine groups is 1. The predicted molar refractivity (Wildman–Crippen MR) is 347 cm³/mol. The summed E-state index contributed by atoms with van der Waals surface area (Å²) in [6.45, 7) is -0.229. The number of nitrogen functional groups attached to an aromatic ring is 1. The van der Waals surface area contributed by atoms with E-state index in [9.17, 15) is 73.8 Å². The van der Waals surface area contributed by atoms with Gasteiger partial charge >= 0.3 is 11.9 Å². The molecule has 0 aliphatic carbocycles. The van der Waals surface area contributed by atoms with E-state index in [4.69, 9.17) is 11.6 Å². The fraction of sp³-hybridized carbons (Fsp3) is 0.426. The number of hydrogen-bond acceptors (Lipinski definition) is 21. The van der Waals surface area contributed by atoms with Crippen LogP contribution in [0.1, 0.15) is 60.2 Å². The number of carboxylic acid groups (broad SMARTS) is 2. The maximum Gasteiger partial charge on any atom is 0.317 e. The number of aromatic amines is 1. The van der Waals surface area contributed by atoms with Gasteiger partial charge in [-0.3, -0.25) is 52.8 Å². The highest BCUT2D eigenvalue weighted by molar-refractivity contribution is 7.80. The second kappa shape index (κ2) is 37.6. The van der Waals surface area contributed by atoms with E-state index >= 15 is 4.79 Å². The predicted octanol–water partition coefficient (Wildman–Crippen LogP) is -2.30. The molecule has 30 nitrogen and oxygen atoms in total. The van der Waals surface area contributed by atoms with Crippen LogP contribution in [-0.2, 0) is 62.4 Å². The number of nitrogens with two attached hydrogens (primary N) is 2. The Balaban J connectivity index is 1.50. The van der Waals surface area contributed by atoms with Gasteiger partial charge in [-0.1, -0.05) is 60.7 Å². The van der Waals surface area contributed by atoms with E-state index in [0.717, 1.165) is 9.80 Å². The number of thiol groups is 2. The Morgan fingerprint density at radius 1 is 0.602 bits per heavy atom. The Bertz CT molecular complexity index is 3300. The second-order valence-electron chi connectivity index (χ2n) is 21.9. The number of carbonyl (C=O) groups excluding carboxylic acids is 8. The molecule has 0 saturated carbocycles. The summed E-state index contributed by atoms with van der Waals surface area (Å²) in [5.41, 5.74) is 10.2. The highest BCUT2D eigenvalue weighted by Crippen LogP contribution is 2.21. The van der Waals surface area contributed by atoms with Crippen molar-refractivity contribution in [2.75, 3.05) is 56.3 Å². The van der Waals surface area contributed by atoms with Crippen molar-refractivity contribution in [1.82, 2.24) is 57.0 Å². The number of carboxylic acids is 2. The van der Waals surface area contributed by atoms with Crippen LogP contribution in [0.4, 0.5) is 5.82 Å². The number of aliphatic hydroxyl groups is 3. The number of aromatic hydroxyl groups is 1. The molecule has 0 saturated heterocycles. The maximum atomic E-state index is 15.1. The Kier molecular flexibility index (Phi) is 30.2. The molecule has 0 aliphatic rings. The number of hydrogen-bond donors (Lipinski definition) is 19. The number of aliphatic hydroxyl groups excluding tert-OH is 3. The van der Waals surface area contributed by atoms with Crippen molar-refractivity contribution in [3.63, 3.8) is 0 Å². The van der Waals surface area contributed by atoms with Crippen LogP contribution in [0.2, 0.25) is 0 Å². The van der Waals surface area contributed by atoms with E-state index in [1.165, 1.54) is 56.4 Å². The average Bonchev–Trinajstić information content (AvgIpc) is 1.92.